The average Bonchev–Trinajstić information content (AvgIpc) is 2.43. The fourth-order valence-electron chi connectivity index (χ4n) is 1.35. The quantitative estimate of drug-likeness (QED) is 0.609. The summed E-state index contributed by atoms with van der Waals surface area (Å²) in [6.45, 7) is 2.28. The molecule has 1 aromatic carbocycles. The smallest absolute Gasteiger partial charge is 0.251 e. The van der Waals surface area contributed by atoms with Gasteiger partial charge in [-0.25, -0.2) is 0 Å². The van der Waals surface area contributed by atoms with Gasteiger partial charge in [0.1, 0.15) is 11.1 Å². The van der Waals surface area contributed by atoms with Gasteiger partial charge in [-0.15, -0.1) is 11.6 Å². The van der Waals surface area contributed by atoms with Gasteiger partial charge in [-0.05, 0) is 31.2 Å². The molecule has 0 heterocycles. The second kappa shape index (κ2) is 7.63. The number of rotatable bonds is 6. The van der Waals surface area contributed by atoms with Crippen LogP contribution in [0.15, 0.2) is 24.3 Å². The summed E-state index contributed by atoms with van der Waals surface area (Å²) >= 11 is 5.58. The molecule has 0 bridgehead atoms. The first-order valence-electron chi connectivity index (χ1n) is 5.88. The van der Waals surface area contributed by atoms with Crippen molar-refractivity contribution in [2.75, 3.05) is 20.2 Å². The fraction of sp³-hybridized carbons (Fsp3) is 0.385. The van der Waals surface area contributed by atoms with Crippen LogP contribution in [0.25, 0.3) is 0 Å². The fourth-order valence-corrected chi connectivity index (χ4v) is 1.42. The van der Waals surface area contributed by atoms with Crippen LogP contribution in [0.4, 0.5) is 0 Å². The Balaban J connectivity index is 2.33. The van der Waals surface area contributed by atoms with Crippen LogP contribution < -0.4 is 15.4 Å². The van der Waals surface area contributed by atoms with Gasteiger partial charge in [0.25, 0.3) is 5.91 Å². The van der Waals surface area contributed by atoms with E-state index in [2.05, 4.69) is 10.6 Å². The molecule has 19 heavy (non-hydrogen) atoms. The summed E-state index contributed by atoms with van der Waals surface area (Å²) < 4.78 is 5.00. The maximum absolute atomic E-state index is 11.7. The number of nitrogens with one attached hydrogen (secondary N) is 2. The Morgan fingerprint density at radius 1 is 1.21 bits per heavy atom. The second-order valence-electron chi connectivity index (χ2n) is 3.89. The third kappa shape index (κ3) is 5.18. The first-order chi connectivity index (χ1) is 9.04. The van der Waals surface area contributed by atoms with E-state index in [1.165, 1.54) is 0 Å². The minimum atomic E-state index is -0.572. The van der Waals surface area contributed by atoms with Crippen molar-refractivity contribution < 1.29 is 14.3 Å². The molecule has 2 amide bonds. The van der Waals surface area contributed by atoms with Crippen LogP contribution in [0.2, 0.25) is 0 Å². The van der Waals surface area contributed by atoms with Crippen LogP contribution in [0.5, 0.6) is 5.75 Å². The third-order valence-electron chi connectivity index (χ3n) is 2.42. The summed E-state index contributed by atoms with van der Waals surface area (Å²) in [7, 11) is 1.57. The van der Waals surface area contributed by atoms with Gasteiger partial charge in [0, 0.05) is 18.7 Å². The molecule has 0 radical (unpaired) electrons. The van der Waals surface area contributed by atoms with Crippen LogP contribution in [-0.2, 0) is 4.79 Å². The molecule has 1 rings (SSSR count). The number of alkyl halides is 1. The van der Waals surface area contributed by atoms with Crippen molar-refractivity contribution in [3.8, 4) is 5.75 Å². The molecule has 2 N–H and O–H groups in total. The molecule has 5 nitrogen and oxygen atoms in total. The normalized spacial score (nSPS) is 11.5. The van der Waals surface area contributed by atoms with Crippen LogP contribution in [0, 0.1) is 0 Å². The minimum Gasteiger partial charge on any atom is -0.497 e. The van der Waals surface area contributed by atoms with Crippen molar-refractivity contribution in [3.05, 3.63) is 29.8 Å². The molecule has 6 heteroatoms. The average molecular weight is 285 g/mol. The van der Waals surface area contributed by atoms with E-state index in [9.17, 15) is 9.59 Å². The van der Waals surface area contributed by atoms with Crippen molar-refractivity contribution in [1.82, 2.24) is 10.6 Å². The van der Waals surface area contributed by atoms with Gasteiger partial charge in [0.2, 0.25) is 5.91 Å². The Morgan fingerprint density at radius 2 is 1.79 bits per heavy atom. The standard InChI is InChI=1S/C13H17ClN2O3/c1-9(14)12(17)15-7-8-16-13(18)10-3-5-11(19-2)6-4-10/h3-6,9H,7-8H2,1-2H3,(H,15,17)(H,16,18). The number of amides is 2. The number of methoxy groups -OCH3 is 1. The van der Waals surface area contributed by atoms with Crippen molar-refractivity contribution in [3.63, 3.8) is 0 Å². The molecule has 1 unspecified atom stereocenters. The summed E-state index contributed by atoms with van der Waals surface area (Å²) in [6.07, 6.45) is 0. The first-order valence-corrected chi connectivity index (χ1v) is 6.32. The van der Waals surface area contributed by atoms with Gasteiger partial charge in [-0.3, -0.25) is 9.59 Å². The number of benzene rings is 1. The van der Waals surface area contributed by atoms with Crippen LogP contribution in [0.3, 0.4) is 0 Å². The molecule has 0 saturated heterocycles. The lowest BCUT2D eigenvalue weighted by Crippen LogP contribution is -2.37. The Kier molecular flexibility index (Phi) is 6.15. The first kappa shape index (κ1) is 15.3. The number of halogens is 1. The SMILES string of the molecule is COc1ccc(C(=O)NCCNC(=O)C(C)Cl)cc1. The predicted molar refractivity (Wildman–Crippen MR) is 73.7 cm³/mol. The number of carbonyl (C=O) groups excluding carboxylic acids is 2. The highest BCUT2D eigenvalue weighted by Crippen LogP contribution is 2.10. The molecule has 0 fully saturated rings. The highest BCUT2D eigenvalue weighted by atomic mass is 35.5. The number of carbonyl (C=O) groups is 2. The van der Waals surface area contributed by atoms with E-state index in [1.54, 1.807) is 38.3 Å². The largest absolute Gasteiger partial charge is 0.497 e. The molecule has 1 aromatic rings. The maximum atomic E-state index is 11.7. The number of hydrogen-bond donors (Lipinski definition) is 2. The van der Waals surface area contributed by atoms with Crippen molar-refractivity contribution in [2.45, 2.75) is 12.3 Å². The van der Waals surface area contributed by atoms with E-state index in [0.29, 0.717) is 24.4 Å². The van der Waals surface area contributed by atoms with E-state index < -0.39 is 5.38 Å². The zero-order chi connectivity index (χ0) is 14.3. The van der Waals surface area contributed by atoms with Crippen molar-refractivity contribution in [1.29, 1.82) is 0 Å². The Bertz CT molecular complexity index is 432. The monoisotopic (exact) mass is 284 g/mol. The molecule has 0 aliphatic rings. The van der Waals surface area contributed by atoms with Gasteiger partial charge in [0.15, 0.2) is 0 Å². The van der Waals surface area contributed by atoms with Gasteiger partial charge in [-0.2, -0.15) is 0 Å². The van der Waals surface area contributed by atoms with Crippen molar-refractivity contribution in [2.24, 2.45) is 0 Å². The number of ether oxygens (including phenoxy) is 1. The molecular formula is C13H17ClN2O3. The van der Waals surface area contributed by atoms with E-state index in [4.69, 9.17) is 16.3 Å². The highest BCUT2D eigenvalue weighted by Gasteiger charge is 2.08. The Morgan fingerprint density at radius 3 is 2.32 bits per heavy atom. The maximum Gasteiger partial charge on any atom is 0.251 e. The predicted octanol–water partition coefficient (Wildman–Crippen LogP) is 1.17. The summed E-state index contributed by atoms with van der Waals surface area (Å²) in [5, 5.41) is 4.72. The highest BCUT2D eigenvalue weighted by molar-refractivity contribution is 6.30. The van der Waals surface area contributed by atoms with Crippen LogP contribution in [0.1, 0.15) is 17.3 Å². The molecule has 0 aliphatic heterocycles. The van der Waals surface area contributed by atoms with E-state index in [1.807, 2.05) is 0 Å². The second-order valence-corrected chi connectivity index (χ2v) is 4.55. The summed E-state index contributed by atoms with van der Waals surface area (Å²) in [6, 6.07) is 6.78. The van der Waals surface area contributed by atoms with Gasteiger partial charge < -0.3 is 15.4 Å². The van der Waals surface area contributed by atoms with Crippen LogP contribution >= 0.6 is 11.6 Å². The molecule has 0 aliphatic carbocycles. The van der Waals surface area contributed by atoms with E-state index in [0.717, 1.165) is 0 Å². The molecular weight excluding hydrogens is 268 g/mol. The summed E-state index contributed by atoms with van der Waals surface area (Å²) in [4.78, 5) is 22.9. The Hall–Kier alpha value is -1.75. The number of hydrogen-bond acceptors (Lipinski definition) is 3. The van der Waals surface area contributed by atoms with Crippen LogP contribution in [-0.4, -0.2) is 37.4 Å². The molecule has 0 aromatic heterocycles. The topological polar surface area (TPSA) is 67.4 Å². The van der Waals surface area contributed by atoms with Gasteiger partial charge in [0.05, 0.1) is 7.11 Å². The van der Waals surface area contributed by atoms with Gasteiger partial charge in [-0.1, -0.05) is 0 Å². The van der Waals surface area contributed by atoms with E-state index in [-0.39, 0.29) is 11.8 Å². The third-order valence-corrected chi connectivity index (χ3v) is 2.62. The molecule has 0 spiro atoms. The summed E-state index contributed by atoms with van der Waals surface area (Å²) in [5.74, 6) is 0.246. The summed E-state index contributed by atoms with van der Waals surface area (Å²) in [5.41, 5.74) is 0.540. The minimum absolute atomic E-state index is 0.198. The van der Waals surface area contributed by atoms with Crippen molar-refractivity contribution >= 4 is 23.4 Å². The zero-order valence-electron chi connectivity index (χ0n) is 10.9. The van der Waals surface area contributed by atoms with E-state index >= 15 is 0 Å². The lowest BCUT2D eigenvalue weighted by Gasteiger charge is -2.08. The molecule has 104 valence electrons. The van der Waals surface area contributed by atoms with Gasteiger partial charge >= 0.3 is 0 Å². The lowest BCUT2D eigenvalue weighted by molar-refractivity contribution is -0.120. The molecule has 1 atom stereocenters. The zero-order valence-corrected chi connectivity index (χ0v) is 11.7. The lowest BCUT2D eigenvalue weighted by atomic mass is 10.2. The molecule has 0 saturated carbocycles. The Labute approximate surface area is 117 Å².